The lowest BCUT2D eigenvalue weighted by atomic mass is 10.3. The molecule has 0 aromatic carbocycles. The summed E-state index contributed by atoms with van der Waals surface area (Å²) in [5, 5.41) is 0.661. The molecule has 0 fully saturated rings. The summed E-state index contributed by atoms with van der Waals surface area (Å²) >= 11 is 11.6. The van der Waals surface area contributed by atoms with Crippen LogP contribution in [0.15, 0.2) is 6.07 Å². The van der Waals surface area contributed by atoms with Crippen LogP contribution in [0.4, 0.5) is 0 Å². The van der Waals surface area contributed by atoms with Crippen LogP contribution >= 0.6 is 23.2 Å². The summed E-state index contributed by atoms with van der Waals surface area (Å²) in [7, 11) is 0. The van der Waals surface area contributed by atoms with Crippen molar-refractivity contribution in [1.29, 1.82) is 0 Å². The van der Waals surface area contributed by atoms with Crippen molar-refractivity contribution in [3.05, 3.63) is 27.6 Å². The molecule has 0 aliphatic rings. The van der Waals surface area contributed by atoms with Gasteiger partial charge in [0.1, 0.15) is 10.7 Å². The molecule has 0 aliphatic heterocycles. The average Bonchev–Trinajstić information content (AvgIpc) is 2.11. The van der Waals surface area contributed by atoms with Crippen molar-refractivity contribution in [2.24, 2.45) is 0 Å². The molecule has 72 valence electrons. The van der Waals surface area contributed by atoms with E-state index in [1.54, 1.807) is 6.07 Å². The second kappa shape index (κ2) is 3.33. The summed E-state index contributed by atoms with van der Waals surface area (Å²) in [6, 6.07) is 1.67. The Morgan fingerprint density at radius 3 is 2.36 bits per heavy atom. The van der Waals surface area contributed by atoms with E-state index in [1.807, 2.05) is 13.8 Å². The standard InChI is InChI=1S/C9H7Cl2N3/c1-4-5(2)13-9-7(12-4)3-6(10)8(11)14-9/h3H,1-2H3. The van der Waals surface area contributed by atoms with Gasteiger partial charge in [-0.15, -0.1) is 0 Å². The number of aryl methyl sites for hydroxylation is 2. The molecular formula is C9H7Cl2N3. The minimum Gasteiger partial charge on any atom is -0.248 e. The van der Waals surface area contributed by atoms with Crippen LogP contribution in [0.1, 0.15) is 11.4 Å². The van der Waals surface area contributed by atoms with Gasteiger partial charge in [0.05, 0.1) is 16.4 Å². The van der Waals surface area contributed by atoms with Gasteiger partial charge in [0, 0.05) is 0 Å². The van der Waals surface area contributed by atoms with E-state index < -0.39 is 0 Å². The second-order valence-electron chi connectivity index (χ2n) is 3.00. The molecule has 0 amide bonds. The molecule has 0 radical (unpaired) electrons. The van der Waals surface area contributed by atoms with Gasteiger partial charge in [0.15, 0.2) is 5.65 Å². The zero-order chi connectivity index (χ0) is 10.3. The predicted octanol–water partition coefficient (Wildman–Crippen LogP) is 2.95. The van der Waals surface area contributed by atoms with E-state index in [0.717, 1.165) is 11.4 Å². The van der Waals surface area contributed by atoms with E-state index in [-0.39, 0.29) is 5.15 Å². The van der Waals surface area contributed by atoms with Crippen LogP contribution in [0.25, 0.3) is 11.2 Å². The van der Waals surface area contributed by atoms with Gasteiger partial charge in [-0.1, -0.05) is 23.2 Å². The molecule has 2 heterocycles. The maximum absolute atomic E-state index is 5.82. The van der Waals surface area contributed by atoms with Gasteiger partial charge < -0.3 is 0 Å². The summed E-state index contributed by atoms with van der Waals surface area (Å²) in [5.41, 5.74) is 2.92. The third kappa shape index (κ3) is 1.53. The molecule has 0 aliphatic carbocycles. The fourth-order valence-electron chi connectivity index (χ4n) is 1.11. The third-order valence-electron chi connectivity index (χ3n) is 1.98. The minimum absolute atomic E-state index is 0.261. The monoisotopic (exact) mass is 227 g/mol. The van der Waals surface area contributed by atoms with Crippen LogP contribution in [0.3, 0.4) is 0 Å². The van der Waals surface area contributed by atoms with Crippen molar-refractivity contribution in [2.45, 2.75) is 13.8 Å². The van der Waals surface area contributed by atoms with Gasteiger partial charge in [-0.3, -0.25) is 0 Å². The summed E-state index contributed by atoms with van der Waals surface area (Å²) in [5.74, 6) is 0. The van der Waals surface area contributed by atoms with E-state index in [9.17, 15) is 0 Å². The quantitative estimate of drug-likeness (QED) is 0.650. The van der Waals surface area contributed by atoms with Crippen molar-refractivity contribution in [1.82, 2.24) is 15.0 Å². The highest BCUT2D eigenvalue weighted by Crippen LogP contribution is 2.23. The average molecular weight is 228 g/mol. The largest absolute Gasteiger partial charge is 0.248 e. The van der Waals surface area contributed by atoms with Crippen LogP contribution in [0.2, 0.25) is 10.2 Å². The molecule has 0 saturated heterocycles. The Kier molecular flexibility index (Phi) is 2.29. The maximum Gasteiger partial charge on any atom is 0.179 e. The van der Waals surface area contributed by atoms with Crippen LogP contribution in [-0.4, -0.2) is 15.0 Å². The lowest BCUT2D eigenvalue weighted by Gasteiger charge is -2.02. The minimum atomic E-state index is 0.261. The van der Waals surface area contributed by atoms with Crippen LogP contribution in [-0.2, 0) is 0 Å². The Bertz CT molecular complexity index is 422. The molecule has 0 N–H and O–H groups in total. The first-order chi connectivity index (χ1) is 6.58. The van der Waals surface area contributed by atoms with Crippen molar-refractivity contribution in [2.75, 3.05) is 0 Å². The fourth-order valence-corrected chi connectivity index (χ4v) is 1.39. The fraction of sp³-hybridized carbons (Fsp3) is 0.222. The first-order valence-corrected chi connectivity index (χ1v) is 4.80. The Labute approximate surface area is 91.1 Å². The smallest absolute Gasteiger partial charge is 0.179 e. The highest BCUT2D eigenvalue weighted by Gasteiger charge is 2.06. The normalized spacial score (nSPS) is 10.9. The molecule has 14 heavy (non-hydrogen) atoms. The molecule has 2 rings (SSSR count). The van der Waals surface area contributed by atoms with Gasteiger partial charge in [0.2, 0.25) is 0 Å². The topological polar surface area (TPSA) is 38.7 Å². The highest BCUT2D eigenvalue weighted by atomic mass is 35.5. The lowest BCUT2D eigenvalue weighted by molar-refractivity contribution is 1.08. The number of halogens is 2. The first kappa shape index (κ1) is 9.62. The van der Waals surface area contributed by atoms with Crippen LogP contribution < -0.4 is 0 Å². The molecule has 0 bridgehead atoms. The van der Waals surface area contributed by atoms with Gasteiger partial charge in [0.25, 0.3) is 0 Å². The molecule has 3 nitrogen and oxygen atoms in total. The Hall–Kier alpha value is -0.930. The van der Waals surface area contributed by atoms with Gasteiger partial charge in [-0.25, -0.2) is 15.0 Å². The predicted molar refractivity (Wildman–Crippen MR) is 56.8 cm³/mol. The highest BCUT2D eigenvalue weighted by molar-refractivity contribution is 6.41. The summed E-state index contributed by atoms with van der Waals surface area (Å²) in [6.07, 6.45) is 0. The molecular weight excluding hydrogens is 221 g/mol. The molecule has 0 spiro atoms. The number of rotatable bonds is 0. The first-order valence-electron chi connectivity index (χ1n) is 4.05. The lowest BCUT2D eigenvalue weighted by Crippen LogP contribution is -1.95. The Balaban J connectivity index is 2.83. The van der Waals surface area contributed by atoms with Crippen molar-refractivity contribution < 1.29 is 0 Å². The Morgan fingerprint density at radius 2 is 1.64 bits per heavy atom. The summed E-state index contributed by atoms with van der Waals surface area (Å²) in [6.45, 7) is 3.77. The van der Waals surface area contributed by atoms with Crippen molar-refractivity contribution in [3.8, 4) is 0 Å². The second-order valence-corrected chi connectivity index (χ2v) is 3.76. The number of hydrogen-bond acceptors (Lipinski definition) is 3. The molecule has 0 atom stereocenters. The zero-order valence-electron chi connectivity index (χ0n) is 7.67. The van der Waals surface area contributed by atoms with Gasteiger partial charge >= 0.3 is 0 Å². The van der Waals surface area contributed by atoms with E-state index in [1.165, 1.54) is 0 Å². The molecule has 5 heteroatoms. The van der Waals surface area contributed by atoms with E-state index >= 15 is 0 Å². The molecule has 2 aromatic rings. The van der Waals surface area contributed by atoms with E-state index in [4.69, 9.17) is 23.2 Å². The number of hydrogen-bond donors (Lipinski definition) is 0. The third-order valence-corrected chi connectivity index (χ3v) is 2.65. The number of aromatic nitrogens is 3. The SMILES string of the molecule is Cc1nc2cc(Cl)c(Cl)nc2nc1C. The summed E-state index contributed by atoms with van der Waals surface area (Å²) < 4.78 is 0. The molecule has 0 saturated carbocycles. The maximum atomic E-state index is 5.82. The van der Waals surface area contributed by atoms with Gasteiger partial charge in [-0.2, -0.15) is 0 Å². The van der Waals surface area contributed by atoms with Gasteiger partial charge in [-0.05, 0) is 19.9 Å². The number of nitrogens with zero attached hydrogens (tertiary/aromatic N) is 3. The molecule has 0 unspecified atom stereocenters. The van der Waals surface area contributed by atoms with Crippen LogP contribution in [0.5, 0.6) is 0 Å². The molecule has 2 aromatic heterocycles. The van der Waals surface area contributed by atoms with E-state index in [0.29, 0.717) is 16.2 Å². The van der Waals surface area contributed by atoms with E-state index in [2.05, 4.69) is 15.0 Å². The van der Waals surface area contributed by atoms with Crippen molar-refractivity contribution >= 4 is 34.4 Å². The number of fused-ring (bicyclic) bond motifs is 1. The Morgan fingerprint density at radius 1 is 1.00 bits per heavy atom. The number of pyridine rings is 1. The summed E-state index contributed by atoms with van der Waals surface area (Å²) in [4.78, 5) is 12.6. The van der Waals surface area contributed by atoms with Crippen molar-refractivity contribution in [3.63, 3.8) is 0 Å². The zero-order valence-corrected chi connectivity index (χ0v) is 9.19. The van der Waals surface area contributed by atoms with Crippen LogP contribution in [0, 0.1) is 13.8 Å².